The van der Waals surface area contributed by atoms with Crippen LogP contribution in [0.25, 0.3) is 0 Å². The second kappa shape index (κ2) is 8.46. The number of nitrogens with one attached hydrogen (secondary N) is 3. The molecule has 3 heterocycles. The molecular formula is C14H18F3N5O8S. The number of hydrazine groups is 1. The molecule has 3 N–H and O–H groups in total. The summed E-state index contributed by atoms with van der Waals surface area (Å²) >= 11 is 0. The molecule has 3 aliphatic heterocycles. The second-order valence-electron chi connectivity index (χ2n) is 6.99. The molecule has 17 heteroatoms. The van der Waals surface area contributed by atoms with Crippen molar-refractivity contribution in [1.29, 1.82) is 0 Å². The molecule has 4 amide bonds. The average molecular weight is 473 g/mol. The quantitative estimate of drug-likeness (QED) is 0.401. The molecule has 0 radical (unpaired) electrons. The third-order valence-corrected chi connectivity index (χ3v) is 5.59. The number of hydrogen-bond donors (Lipinski definition) is 3. The minimum atomic E-state index is -5.59. The number of fused-ring (bicyclic) bond motifs is 2. The maximum Gasteiger partial charge on any atom is 0.492 e. The van der Waals surface area contributed by atoms with Crippen molar-refractivity contribution < 1.29 is 49.2 Å². The van der Waals surface area contributed by atoms with Crippen molar-refractivity contribution in [3.8, 4) is 0 Å². The first-order valence-electron chi connectivity index (χ1n) is 9.07. The lowest BCUT2D eigenvalue weighted by molar-refractivity contribution is -0.191. The van der Waals surface area contributed by atoms with Crippen molar-refractivity contribution in [3.05, 3.63) is 0 Å². The van der Waals surface area contributed by atoms with Gasteiger partial charge in [0, 0.05) is 6.54 Å². The number of alkyl halides is 3. The van der Waals surface area contributed by atoms with Gasteiger partial charge in [-0.2, -0.15) is 26.7 Å². The lowest BCUT2D eigenvalue weighted by Crippen LogP contribution is -2.56. The van der Waals surface area contributed by atoms with Crippen LogP contribution in [-0.2, 0) is 33.2 Å². The summed E-state index contributed by atoms with van der Waals surface area (Å²) in [5.41, 5.74) is 4.43. The first-order valence-corrected chi connectivity index (χ1v) is 10.4. The zero-order valence-corrected chi connectivity index (χ0v) is 16.5. The summed E-state index contributed by atoms with van der Waals surface area (Å²) < 4.78 is 67.3. The number of hydroxylamine groups is 2. The maximum absolute atomic E-state index is 12.4. The van der Waals surface area contributed by atoms with E-state index < -0.39 is 58.5 Å². The molecule has 1 unspecified atom stereocenters. The van der Waals surface area contributed by atoms with E-state index in [-0.39, 0.29) is 24.4 Å². The van der Waals surface area contributed by atoms with Crippen LogP contribution in [0.4, 0.5) is 18.0 Å². The van der Waals surface area contributed by atoms with E-state index in [0.29, 0.717) is 13.0 Å². The predicted molar refractivity (Wildman–Crippen MR) is 90.2 cm³/mol. The van der Waals surface area contributed by atoms with E-state index in [9.17, 15) is 40.8 Å². The van der Waals surface area contributed by atoms with Gasteiger partial charge in [-0.1, -0.05) is 0 Å². The molecule has 3 rings (SSSR count). The smallest absolute Gasteiger partial charge is 0.315 e. The van der Waals surface area contributed by atoms with Crippen molar-refractivity contribution in [2.75, 3.05) is 13.1 Å². The number of amides is 4. The van der Waals surface area contributed by atoms with Crippen molar-refractivity contribution in [3.63, 3.8) is 0 Å². The van der Waals surface area contributed by atoms with Crippen LogP contribution in [0.3, 0.4) is 0 Å². The Hall–Kier alpha value is -2.66. The number of carbonyl (C=O) groups is 4. The Morgan fingerprint density at radius 2 is 1.77 bits per heavy atom. The van der Waals surface area contributed by atoms with Gasteiger partial charge in [0.25, 0.3) is 11.8 Å². The van der Waals surface area contributed by atoms with Crippen molar-refractivity contribution in [1.82, 2.24) is 26.1 Å². The summed E-state index contributed by atoms with van der Waals surface area (Å²) in [6.07, 6.45) is -4.08. The summed E-state index contributed by atoms with van der Waals surface area (Å²) in [5.74, 6) is -4.24. The topological polar surface area (TPSA) is 163 Å². The molecule has 31 heavy (non-hydrogen) atoms. The van der Waals surface area contributed by atoms with Crippen molar-refractivity contribution >= 4 is 34.2 Å². The number of carbonyl (C=O) groups excluding carboxylic acids is 4. The van der Waals surface area contributed by atoms with Crippen molar-refractivity contribution in [2.45, 2.75) is 50.0 Å². The summed E-state index contributed by atoms with van der Waals surface area (Å²) in [7, 11) is -5.54. The fraction of sp³-hybridized carbons (Fsp3) is 0.714. The fourth-order valence-electron chi connectivity index (χ4n) is 3.46. The molecule has 13 nitrogen and oxygen atoms in total. The van der Waals surface area contributed by atoms with Crippen molar-refractivity contribution in [2.24, 2.45) is 0 Å². The Morgan fingerprint density at radius 3 is 2.39 bits per heavy atom. The Labute approximate surface area is 173 Å². The highest BCUT2D eigenvalue weighted by atomic mass is 32.3. The standard InChI is InChI=1S/C14H18F3N5O8S/c15-14(16,17)12(25)29-31(27,28)30-22-7-3-4-9(21(6-7)13(22)26)11(24)20-19-10(23)8-2-1-5-18-8/h7-9,18H,1-6H2,(H,19,23)(H,20,24)/t7-,8?,9+/m1/s1. The lowest BCUT2D eigenvalue weighted by Gasteiger charge is -2.29. The van der Waals surface area contributed by atoms with E-state index in [2.05, 4.69) is 24.6 Å². The van der Waals surface area contributed by atoms with Crippen LogP contribution >= 0.6 is 0 Å². The highest BCUT2D eigenvalue weighted by Crippen LogP contribution is 2.31. The highest BCUT2D eigenvalue weighted by molar-refractivity contribution is 7.82. The van der Waals surface area contributed by atoms with Gasteiger partial charge in [0.05, 0.1) is 12.1 Å². The van der Waals surface area contributed by atoms with E-state index in [4.69, 9.17) is 0 Å². The highest BCUT2D eigenvalue weighted by Gasteiger charge is 2.51. The Balaban J connectivity index is 1.58. The van der Waals surface area contributed by atoms with Gasteiger partial charge in [-0.25, -0.2) is 9.59 Å². The van der Waals surface area contributed by atoms with Crippen LogP contribution in [0.1, 0.15) is 25.7 Å². The van der Waals surface area contributed by atoms with Gasteiger partial charge in [-0.15, -0.1) is 4.28 Å². The molecule has 2 bridgehead atoms. The number of rotatable bonds is 5. The van der Waals surface area contributed by atoms with Gasteiger partial charge in [0.2, 0.25) is 0 Å². The third kappa shape index (κ3) is 5.16. The monoisotopic (exact) mass is 473 g/mol. The molecule has 0 aromatic heterocycles. The lowest BCUT2D eigenvalue weighted by atomic mass is 10.0. The molecule has 3 saturated heterocycles. The van der Waals surface area contributed by atoms with Crippen LogP contribution in [0.5, 0.6) is 0 Å². The molecule has 3 aliphatic rings. The van der Waals surface area contributed by atoms with E-state index in [1.165, 1.54) is 0 Å². The van der Waals surface area contributed by atoms with Gasteiger partial charge in [-0.05, 0) is 32.2 Å². The van der Waals surface area contributed by atoms with Crippen LogP contribution in [-0.4, -0.2) is 79.6 Å². The third-order valence-electron chi connectivity index (χ3n) is 4.89. The molecule has 0 saturated carbocycles. The maximum atomic E-state index is 12.4. The number of halogens is 3. The summed E-state index contributed by atoms with van der Waals surface area (Å²) in [6.45, 7) is 0.493. The summed E-state index contributed by atoms with van der Waals surface area (Å²) in [4.78, 5) is 48.4. The molecule has 174 valence electrons. The molecular weight excluding hydrogens is 455 g/mol. The number of hydrogen-bond acceptors (Lipinski definition) is 9. The Kier molecular flexibility index (Phi) is 6.28. The van der Waals surface area contributed by atoms with Gasteiger partial charge < -0.3 is 14.4 Å². The Morgan fingerprint density at radius 1 is 1.10 bits per heavy atom. The Bertz CT molecular complexity index is 876. The second-order valence-corrected chi connectivity index (χ2v) is 8.12. The van der Waals surface area contributed by atoms with Crippen LogP contribution in [0.2, 0.25) is 0 Å². The minimum absolute atomic E-state index is 0.0567. The van der Waals surface area contributed by atoms with Crippen LogP contribution in [0, 0.1) is 0 Å². The SMILES string of the molecule is O=C(NNC(=O)[C@@H]1CC[C@@H]2CN1C(=O)N2OS(=O)(=O)OC(=O)C(F)(F)F)C1CCCN1. The van der Waals surface area contributed by atoms with Gasteiger partial charge in [-0.3, -0.25) is 20.4 Å². The van der Waals surface area contributed by atoms with E-state index in [1.54, 1.807) is 0 Å². The van der Waals surface area contributed by atoms with Gasteiger partial charge >= 0.3 is 28.6 Å². The van der Waals surface area contributed by atoms with E-state index in [1.807, 2.05) is 0 Å². The summed E-state index contributed by atoms with van der Waals surface area (Å²) in [5, 5.41) is 3.17. The zero-order chi connectivity index (χ0) is 23.0. The number of nitrogens with zero attached hydrogens (tertiary/aromatic N) is 2. The fourth-order valence-corrected chi connectivity index (χ4v) is 4.15. The number of piperidine rings is 1. The predicted octanol–water partition coefficient (Wildman–Crippen LogP) is -1.56. The molecule has 0 aromatic rings. The van der Waals surface area contributed by atoms with Gasteiger partial charge in [0.15, 0.2) is 0 Å². The summed E-state index contributed by atoms with van der Waals surface area (Å²) in [6, 6.07) is -3.58. The molecule has 0 aromatic carbocycles. The van der Waals surface area contributed by atoms with E-state index in [0.717, 1.165) is 11.3 Å². The molecule has 0 spiro atoms. The zero-order valence-electron chi connectivity index (χ0n) is 15.7. The molecule has 0 aliphatic carbocycles. The largest absolute Gasteiger partial charge is 0.492 e. The minimum Gasteiger partial charge on any atom is -0.315 e. The van der Waals surface area contributed by atoms with E-state index >= 15 is 0 Å². The van der Waals surface area contributed by atoms with Gasteiger partial charge in [0.1, 0.15) is 6.04 Å². The average Bonchev–Trinajstić information content (AvgIpc) is 3.29. The molecule has 3 atom stereocenters. The van der Waals surface area contributed by atoms with Crippen LogP contribution in [0.15, 0.2) is 0 Å². The normalized spacial score (nSPS) is 26.0. The molecule has 3 fully saturated rings. The van der Waals surface area contributed by atoms with Crippen LogP contribution < -0.4 is 16.2 Å². The first kappa shape index (κ1) is 23.0. The first-order chi connectivity index (χ1) is 14.4. The number of urea groups is 1.